The number of halogens is 14. The monoisotopic (exact) mass is 320 g/mol. The Bertz CT molecular complexity index is 179. The van der Waals surface area contributed by atoms with E-state index >= 15 is 0 Å². The minimum Gasteiger partial charge on any atom is -0.269 e. The molecule has 0 nitrogen and oxygen atoms in total. The lowest BCUT2D eigenvalue weighted by molar-refractivity contribution is -0.375. The van der Waals surface area contributed by atoms with Gasteiger partial charge in [-0.2, -0.15) is 30.7 Å². The second-order valence-electron chi connectivity index (χ2n) is 2.00. The highest BCUT2D eigenvalue weighted by atomic mass is 19.4. The minimum absolute atomic E-state index is 0. The fraction of sp³-hybridized carbons (Fsp3) is 1.00. The summed E-state index contributed by atoms with van der Waals surface area (Å²) >= 11 is 0. The molecule has 0 saturated heterocycles. The Labute approximate surface area is 89.0 Å². The van der Waals surface area contributed by atoms with Gasteiger partial charge in [0, 0.05) is 0 Å². The summed E-state index contributed by atoms with van der Waals surface area (Å²) in [5.74, 6) is -13.1. The lowest BCUT2D eigenvalue weighted by Crippen LogP contribution is -2.55. The zero-order valence-corrected chi connectivity index (χ0v) is 7.52. The van der Waals surface area contributed by atoms with Gasteiger partial charge in [-0.15, -0.1) is 0 Å². The van der Waals surface area contributed by atoms with E-state index in [-0.39, 0.29) is 23.5 Å². The van der Waals surface area contributed by atoms with Gasteiger partial charge in [0.1, 0.15) is 0 Å². The van der Waals surface area contributed by atoms with E-state index in [9.17, 15) is 39.5 Å². The predicted octanol–water partition coefficient (Wildman–Crippen LogP) is 3.85. The molecular weight excluding hydrogens is 314 g/mol. The van der Waals surface area contributed by atoms with Crippen LogP contribution in [0.25, 0.3) is 0 Å². The molecule has 0 aromatic rings. The van der Waals surface area contributed by atoms with Crippen molar-refractivity contribution in [1.29, 1.82) is 0 Å². The molecule has 0 atom stereocenters. The summed E-state index contributed by atoms with van der Waals surface area (Å²) in [6.07, 6.45) is -11.8. The van der Waals surface area contributed by atoms with Crippen LogP contribution in [0.4, 0.5) is 63.0 Å². The Morgan fingerprint density at radius 2 is 0.778 bits per heavy atom. The van der Waals surface area contributed by atoms with Crippen LogP contribution in [0.5, 0.6) is 0 Å². The van der Waals surface area contributed by atoms with Crippen molar-refractivity contribution in [2.45, 2.75) is 24.4 Å². The number of hydrogen-bond donors (Lipinski definition) is 0. The van der Waals surface area contributed by atoms with Gasteiger partial charge in [0.2, 0.25) is 0 Å². The Kier molecular flexibility index (Phi) is 18.0. The van der Waals surface area contributed by atoms with Gasteiger partial charge in [-0.05, 0) is 0 Å². The van der Waals surface area contributed by atoms with E-state index in [1.165, 1.54) is 0 Å². The average Bonchev–Trinajstić information content (AvgIpc) is 1.84. The maximum absolute atomic E-state index is 11.6. The second-order valence-corrected chi connectivity index (χ2v) is 2.00. The molecule has 0 aliphatic heterocycles. The van der Waals surface area contributed by atoms with E-state index < -0.39 is 24.4 Å². The summed E-state index contributed by atoms with van der Waals surface area (Å²) in [5, 5.41) is 0. The van der Waals surface area contributed by atoms with Crippen molar-refractivity contribution in [3.63, 3.8) is 0 Å². The third-order valence-electron chi connectivity index (χ3n) is 1.05. The molecule has 0 heterocycles. The Hall–Kier alpha value is -0.980. The maximum Gasteiger partial charge on any atom is 0.460 e. The van der Waals surface area contributed by atoms with Crippen LogP contribution in [0.15, 0.2) is 0 Å². The lowest BCUT2D eigenvalue weighted by atomic mass is 10.2. The molecule has 0 N–H and O–H groups in total. The van der Waals surface area contributed by atoms with Gasteiger partial charge in [0.05, 0.1) is 0 Å². The van der Waals surface area contributed by atoms with Gasteiger partial charge < -0.3 is 0 Å². The van der Waals surface area contributed by atoms with Crippen LogP contribution in [0, 0.1) is 0 Å². The molecular formula is C4H6F14. The topological polar surface area (TPSA) is 0 Å². The molecule has 0 bridgehead atoms. The summed E-state index contributed by atoms with van der Waals surface area (Å²) in [6, 6.07) is 0. The Balaban J connectivity index is -0.0000000720. The summed E-state index contributed by atoms with van der Waals surface area (Å²) in [5.41, 5.74) is 0. The van der Waals surface area contributed by atoms with Crippen LogP contribution >= 0.6 is 0 Å². The standard InChI is InChI=1S/C4HF9.5FH/c5-1(6)2(7,8)3(9,10)4(11,12)13;;;;;/h1H;5*1H. The average molecular weight is 320 g/mol. The molecule has 0 unspecified atom stereocenters. The number of rotatable bonds is 2. The van der Waals surface area contributed by atoms with Crippen molar-refractivity contribution in [2.75, 3.05) is 0 Å². The second kappa shape index (κ2) is 9.02. The smallest absolute Gasteiger partial charge is 0.269 e. The zero-order chi connectivity index (χ0) is 11.1. The molecule has 0 aromatic carbocycles. The van der Waals surface area contributed by atoms with Crippen LogP contribution in [0.3, 0.4) is 0 Å². The van der Waals surface area contributed by atoms with Crippen LogP contribution in [-0.2, 0) is 0 Å². The van der Waals surface area contributed by atoms with Crippen LogP contribution in [-0.4, -0.2) is 24.4 Å². The van der Waals surface area contributed by atoms with Gasteiger partial charge in [0.25, 0.3) is 0 Å². The normalized spacial score (nSPS) is 11.0. The van der Waals surface area contributed by atoms with Crippen molar-refractivity contribution < 1.29 is 63.0 Å². The van der Waals surface area contributed by atoms with E-state index in [0.717, 1.165) is 0 Å². The highest BCUT2D eigenvalue weighted by Crippen LogP contribution is 2.48. The largest absolute Gasteiger partial charge is 0.460 e. The van der Waals surface area contributed by atoms with E-state index in [1.807, 2.05) is 0 Å². The molecule has 0 spiro atoms. The molecule has 14 heteroatoms. The highest BCUT2D eigenvalue weighted by molar-refractivity contribution is 4.92. The first-order valence-electron chi connectivity index (χ1n) is 2.55. The van der Waals surface area contributed by atoms with E-state index in [4.69, 9.17) is 0 Å². The molecule has 0 rings (SSSR count). The zero-order valence-electron chi connectivity index (χ0n) is 7.52. The van der Waals surface area contributed by atoms with E-state index in [1.54, 1.807) is 0 Å². The number of hydrogen-bond acceptors (Lipinski definition) is 0. The van der Waals surface area contributed by atoms with Crippen LogP contribution < -0.4 is 0 Å². The van der Waals surface area contributed by atoms with Crippen LogP contribution in [0.1, 0.15) is 0 Å². The number of alkyl halides is 9. The maximum atomic E-state index is 11.6. The van der Waals surface area contributed by atoms with Gasteiger partial charge in [-0.25, -0.2) is 8.78 Å². The van der Waals surface area contributed by atoms with Crippen LogP contribution in [0.2, 0.25) is 0 Å². The van der Waals surface area contributed by atoms with Crippen molar-refractivity contribution in [2.24, 2.45) is 0 Å². The van der Waals surface area contributed by atoms with Crippen molar-refractivity contribution in [1.82, 2.24) is 0 Å². The summed E-state index contributed by atoms with van der Waals surface area (Å²) in [7, 11) is 0. The molecule has 0 saturated carbocycles. The highest BCUT2D eigenvalue weighted by Gasteiger charge is 2.76. The van der Waals surface area contributed by atoms with E-state index in [2.05, 4.69) is 0 Å². The van der Waals surface area contributed by atoms with Gasteiger partial charge >= 0.3 is 24.4 Å². The van der Waals surface area contributed by atoms with Crippen molar-refractivity contribution >= 4 is 0 Å². The molecule has 0 amide bonds. The summed E-state index contributed by atoms with van der Waals surface area (Å²) < 4.78 is 102. The van der Waals surface area contributed by atoms with Gasteiger partial charge in [-0.1, -0.05) is 0 Å². The molecule has 18 heavy (non-hydrogen) atoms. The molecule has 0 fully saturated rings. The van der Waals surface area contributed by atoms with Gasteiger partial charge in [0.15, 0.2) is 0 Å². The lowest BCUT2D eigenvalue weighted by Gasteiger charge is -2.27. The van der Waals surface area contributed by atoms with Gasteiger partial charge in [-0.3, -0.25) is 23.5 Å². The Morgan fingerprint density at radius 3 is 0.833 bits per heavy atom. The molecule has 0 aliphatic carbocycles. The van der Waals surface area contributed by atoms with Crippen molar-refractivity contribution in [3.05, 3.63) is 0 Å². The fourth-order valence-corrected chi connectivity index (χ4v) is 0.326. The third kappa shape index (κ3) is 5.57. The predicted molar refractivity (Wildman–Crippen MR) is 34.5 cm³/mol. The quantitative estimate of drug-likeness (QED) is 0.678. The summed E-state index contributed by atoms with van der Waals surface area (Å²) in [4.78, 5) is 0. The van der Waals surface area contributed by atoms with Crippen molar-refractivity contribution in [3.8, 4) is 0 Å². The van der Waals surface area contributed by atoms with E-state index in [0.29, 0.717) is 0 Å². The summed E-state index contributed by atoms with van der Waals surface area (Å²) in [6.45, 7) is 0. The third-order valence-corrected chi connectivity index (χ3v) is 1.05. The molecule has 120 valence electrons. The molecule has 0 aliphatic rings. The molecule has 0 radical (unpaired) electrons. The first-order chi connectivity index (χ1) is 5.44. The first-order valence-corrected chi connectivity index (χ1v) is 2.55. The fourth-order valence-electron chi connectivity index (χ4n) is 0.326. The Morgan fingerprint density at radius 1 is 0.556 bits per heavy atom. The minimum atomic E-state index is -6.73. The SMILES string of the molecule is F.F.F.F.F.FC(F)C(F)(F)C(F)(F)C(F)(F)F. The molecule has 0 aromatic heterocycles. The first kappa shape index (κ1) is 36.0.